The summed E-state index contributed by atoms with van der Waals surface area (Å²) in [5.41, 5.74) is 4.39. The Bertz CT molecular complexity index is 609. The summed E-state index contributed by atoms with van der Waals surface area (Å²) in [4.78, 5) is 2.41. The molecule has 1 aromatic heterocycles. The number of rotatable bonds is 1. The van der Waals surface area contributed by atoms with E-state index < -0.39 is 0 Å². The highest BCUT2D eigenvalue weighted by Gasteiger charge is 2.19. The summed E-state index contributed by atoms with van der Waals surface area (Å²) >= 11 is 1.87. The van der Waals surface area contributed by atoms with Gasteiger partial charge in [0.15, 0.2) is 0 Å². The predicted octanol–water partition coefficient (Wildman–Crippen LogP) is 5.34. The average molecular weight is 287 g/mol. The summed E-state index contributed by atoms with van der Waals surface area (Å²) in [6.45, 7) is 9.60. The Morgan fingerprint density at radius 2 is 2.00 bits per heavy atom. The molecule has 1 atom stereocenters. The lowest BCUT2D eigenvalue weighted by Crippen LogP contribution is -2.32. The van der Waals surface area contributed by atoms with Crippen molar-refractivity contribution in [2.75, 3.05) is 13.6 Å². The molecule has 2 heteroatoms. The lowest BCUT2D eigenvalue weighted by Gasteiger charge is -2.29. The molecule has 1 aliphatic heterocycles. The molecule has 0 aliphatic carbocycles. The van der Waals surface area contributed by atoms with Gasteiger partial charge in [-0.25, -0.2) is 0 Å². The molecule has 0 spiro atoms. The van der Waals surface area contributed by atoms with Crippen molar-refractivity contribution >= 4 is 27.0 Å². The number of hydrogen-bond acceptors (Lipinski definition) is 2. The number of nitrogens with zero attached hydrogens (tertiary/aromatic N) is 1. The van der Waals surface area contributed by atoms with E-state index in [9.17, 15) is 0 Å². The van der Waals surface area contributed by atoms with Crippen LogP contribution < -0.4 is 0 Å². The van der Waals surface area contributed by atoms with Crippen molar-refractivity contribution < 1.29 is 0 Å². The van der Waals surface area contributed by atoms with Crippen molar-refractivity contribution in [1.29, 1.82) is 0 Å². The van der Waals surface area contributed by atoms with Gasteiger partial charge in [0, 0.05) is 22.7 Å². The highest BCUT2D eigenvalue weighted by Crippen LogP contribution is 2.36. The maximum Gasteiger partial charge on any atom is 0.0351 e. The number of aryl methyl sites for hydroxylation is 1. The molecule has 2 heterocycles. The minimum Gasteiger partial charge on any atom is -0.300 e. The Labute approximate surface area is 126 Å². The highest BCUT2D eigenvalue weighted by atomic mass is 32.1. The van der Waals surface area contributed by atoms with Crippen molar-refractivity contribution in [3.8, 4) is 0 Å². The van der Waals surface area contributed by atoms with E-state index in [4.69, 9.17) is 0 Å². The quantitative estimate of drug-likeness (QED) is 0.684. The summed E-state index contributed by atoms with van der Waals surface area (Å²) < 4.78 is 1.41. The zero-order valence-electron chi connectivity index (χ0n) is 13.2. The molecule has 0 radical (unpaired) electrons. The van der Waals surface area contributed by atoms with Crippen molar-refractivity contribution in [2.45, 2.75) is 40.2 Å². The van der Waals surface area contributed by atoms with Gasteiger partial charge in [0.25, 0.3) is 0 Å². The van der Waals surface area contributed by atoms with Gasteiger partial charge in [0.05, 0.1) is 0 Å². The minimum atomic E-state index is 0.643. The third-order valence-corrected chi connectivity index (χ3v) is 4.99. The van der Waals surface area contributed by atoms with Crippen LogP contribution in [-0.2, 0) is 0 Å². The molecular weight excluding hydrogens is 262 g/mol. The zero-order chi connectivity index (χ0) is 14.7. The summed E-state index contributed by atoms with van der Waals surface area (Å²) in [6, 6.07) is 7.25. The van der Waals surface area contributed by atoms with Gasteiger partial charge in [-0.3, -0.25) is 4.90 Å². The number of thiophene rings is 1. The Morgan fingerprint density at radius 1 is 1.25 bits per heavy atom. The van der Waals surface area contributed by atoms with Crippen LogP contribution in [0.2, 0.25) is 0 Å². The highest BCUT2D eigenvalue weighted by molar-refractivity contribution is 7.17. The van der Waals surface area contributed by atoms with Crippen LogP contribution in [0.4, 0.5) is 0 Å². The van der Waals surface area contributed by atoms with Gasteiger partial charge in [0.2, 0.25) is 0 Å². The first-order chi connectivity index (χ1) is 9.66. The second kappa shape index (κ2) is 6.55. The molecule has 0 N–H and O–H groups in total. The fraction of sp³-hybridized carbons (Fsp3) is 0.444. The van der Waals surface area contributed by atoms with E-state index in [2.05, 4.69) is 55.5 Å². The predicted molar refractivity (Wildman–Crippen MR) is 92.6 cm³/mol. The molecule has 0 amide bonds. The molecule has 0 saturated carbocycles. The second-order valence-electron chi connectivity index (χ2n) is 5.32. The maximum absolute atomic E-state index is 2.41. The van der Waals surface area contributed by atoms with E-state index in [1.165, 1.54) is 26.8 Å². The summed E-state index contributed by atoms with van der Waals surface area (Å²) in [7, 11) is 2.20. The summed E-state index contributed by atoms with van der Waals surface area (Å²) in [6.07, 6.45) is 3.56. The fourth-order valence-corrected chi connectivity index (χ4v) is 3.77. The van der Waals surface area contributed by atoms with Crippen molar-refractivity contribution in [2.24, 2.45) is 0 Å². The second-order valence-corrected chi connectivity index (χ2v) is 6.23. The van der Waals surface area contributed by atoms with Crippen LogP contribution in [0.1, 0.15) is 38.3 Å². The van der Waals surface area contributed by atoms with Crippen LogP contribution >= 0.6 is 11.3 Å². The van der Waals surface area contributed by atoms with E-state index in [0.717, 1.165) is 13.0 Å². The van der Waals surface area contributed by atoms with Crippen LogP contribution in [0.25, 0.3) is 15.7 Å². The van der Waals surface area contributed by atoms with Crippen molar-refractivity contribution in [1.82, 2.24) is 4.90 Å². The molecule has 1 nitrogen and oxygen atoms in total. The molecule has 0 bridgehead atoms. The van der Waals surface area contributed by atoms with Gasteiger partial charge in [-0.05, 0) is 55.5 Å². The minimum absolute atomic E-state index is 0.643. The fourth-order valence-electron chi connectivity index (χ4n) is 2.71. The first kappa shape index (κ1) is 15.3. The third kappa shape index (κ3) is 2.82. The maximum atomic E-state index is 2.41. The van der Waals surface area contributed by atoms with E-state index in [1.54, 1.807) is 0 Å². The number of likely N-dealkylation sites (N-methyl/N-ethyl adjacent to an activating group) is 1. The first-order valence-corrected chi connectivity index (χ1v) is 8.41. The molecule has 0 saturated heterocycles. The smallest absolute Gasteiger partial charge is 0.0351 e. The molecule has 108 valence electrons. The molecule has 2 aromatic rings. The van der Waals surface area contributed by atoms with Crippen LogP contribution in [0.5, 0.6) is 0 Å². The number of hydrogen-bond donors (Lipinski definition) is 0. The van der Waals surface area contributed by atoms with Gasteiger partial charge in [-0.2, -0.15) is 0 Å². The van der Waals surface area contributed by atoms with Gasteiger partial charge in [-0.1, -0.05) is 32.1 Å². The van der Waals surface area contributed by atoms with Gasteiger partial charge < -0.3 is 0 Å². The Hall–Kier alpha value is -1.12. The molecular formula is C18H25NS. The summed E-state index contributed by atoms with van der Waals surface area (Å²) in [5, 5.41) is 3.80. The zero-order valence-corrected chi connectivity index (χ0v) is 14.1. The monoisotopic (exact) mass is 287 g/mol. The molecule has 1 aliphatic rings. The van der Waals surface area contributed by atoms with Gasteiger partial charge in [-0.15, -0.1) is 11.3 Å². The Balaban J connectivity index is 0.000000704. The molecule has 0 fully saturated rings. The van der Waals surface area contributed by atoms with Gasteiger partial charge >= 0.3 is 0 Å². The largest absolute Gasteiger partial charge is 0.300 e. The molecule has 3 rings (SSSR count). The lowest BCUT2D eigenvalue weighted by molar-refractivity contribution is 0.279. The number of fused-ring (bicyclic) bond motifs is 1. The topological polar surface area (TPSA) is 3.24 Å². The number of benzene rings is 1. The molecule has 1 aromatic carbocycles. The average Bonchev–Trinajstić information content (AvgIpc) is 2.89. The Kier molecular flexibility index (Phi) is 5.00. The first-order valence-electron chi connectivity index (χ1n) is 7.53. The lowest BCUT2D eigenvalue weighted by atomic mass is 9.93. The SMILES string of the molecule is CC.Cc1cccc2scc(C3=CCN(C)C(C)C3)c12. The van der Waals surface area contributed by atoms with Crippen molar-refractivity contribution in [3.63, 3.8) is 0 Å². The van der Waals surface area contributed by atoms with E-state index in [1.807, 2.05) is 25.2 Å². The Morgan fingerprint density at radius 3 is 2.70 bits per heavy atom. The normalized spacial score (nSPS) is 19.4. The molecule has 20 heavy (non-hydrogen) atoms. The van der Waals surface area contributed by atoms with Crippen LogP contribution in [-0.4, -0.2) is 24.5 Å². The van der Waals surface area contributed by atoms with Crippen LogP contribution in [0.3, 0.4) is 0 Å². The van der Waals surface area contributed by atoms with Crippen molar-refractivity contribution in [3.05, 3.63) is 40.8 Å². The van der Waals surface area contributed by atoms with E-state index in [-0.39, 0.29) is 0 Å². The van der Waals surface area contributed by atoms with Crippen LogP contribution in [0, 0.1) is 6.92 Å². The van der Waals surface area contributed by atoms with E-state index >= 15 is 0 Å². The summed E-state index contributed by atoms with van der Waals surface area (Å²) in [5.74, 6) is 0. The van der Waals surface area contributed by atoms with Crippen LogP contribution in [0.15, 0.2) is 29.7 Å². The molecule has 1 unspecified atom stereocenters. The third-order valence-electron chi connectivity index (χ3n) is 4.05. The standard InChI is InChI=1S/C16H19NS.C2H6/c1-11-5-4-6-15-16(11)14(10-18-15)13-7-8-17(3)12(2)9-13;1-2/h4-7,10,12H,8-9H2,1-3H3;1-2H3. The van der Waals surface area contributed by atoms with E-state index in [0.29, 0.717) is 6.04 Å². The van der Waals surface area contributed by atoms with Gasteiger partial charge in [0.1, 0.15) is 0 Å².